The molecule has 0 fully saturated rings. The van der Waals surface area contributed by atoms with Gasteiger partial charge in [0.25, 0.3) is 0 Å². The van der Waals surface area contributed by atoms with Crippen molar-refractivity contribution in [3.63, 3.8) is 0 Å². The molecule has 1 aromatic carbocycles. The largest absolute Gasteiger partial charge is 0.478 e. The van der Waals surface area contributed by atoms with Gasteiger partial charge in [-0.15, -0.1) is 6.58 Å². The summed E-state index contributed by atoms with van der Waals surface area (Å²) < 4.78 is 0. The van der Waals surface area contributed by atoms with Gasteiger partial charge in [0, 0.05) is 18.9 Å². The lowest BCUT2D eigenvalue weighted by Gasteiger charge is -2.43. The van der Waals surface area contributed by atoms with E-state index in [1.165, 1.54) is 6.92 Å². The molecule has 1 unspecified atom stereocenters. The summed E-state index contributed by atoms with van der Waals surface area (Å²) in [5.74, 6) is -2.65. The van der Waals surface area contributed by atoms with E-state index >= 15 is 0 Å². The van der Waals surface area contributed by atoms with Crippen molar-refractivity contribution in [1.82, 2.24) is 10.6 Å². The summed E-state index contributed by atoms with van der Waals surface area (Å²) in [5.41, 5.74) is -1.27. The second-order valence-electron chi connectivity index (χ2n) is 11.3. The maximum Gasteiger partial charge on any atom is 0.333 e. The number of hydrogen-bond acceptors (Lipinski definition) is 4. The molecule has 0 spiro atoms. The van der Waals surface area contributed by atoms with Gasteiger partial charge in [-0.25, -0.2) is 4.79 Å². The van der Waals surface area contributed by atoms with Crippen LogP contribution in [0.4, 0.5) is 0 Å². The first-order valence-corrected chi connectivity index (χ1v) is 12.2. The molecule has 0 bridgehead atoms. The zero-order valence-corrected chi connectivity index (χ0v) is 22.9. The van der Waals surface area contributed by atoms with Crippen LogP contribution in [0.1, 0.15) is 73.8 Å². The molecule has 0 saturated carbocycles. The lowest BCUT2D eigenvalue weighted by molar-refractivity contribution is -0.137. The van der Waals surface area contributed by atoms with Crippen LogP contribution in [-0.4, -0.2) is 35.4 Å². The fourth-order valence-electron chi connectivity index (χ4n) is 4.68. The molecule has 35 heavy (non-hydrogen) atoms. The Balaban J connectivity index is 3.79. The van der Waals surface area contributed by atoms with Crippen molar-refractivity contribution < 1.29 is 19.5 Å². The highest BCUT2D eigenvalue weighted by Crippen LogP contribution is 2.38. The smallest absolute Gasteiger partial charge is 0.333 e. The van der Waals surface area contributed by atoms with Gasteiger partial charge in [-0.3, -0.25) is 9.59 Å². The molecule has 0 heterocycles. The van der Waals surface area contributed by atoms with Crippen LogP contribution in [0.15, 0.2) is 54.3 Å². The van der Waals surface area contributed by atoms with Gasteiger partial charge in [0.2, 0.25) is 5.91 Å². The molecule has 0 radical (unpaired) electrons. The summed E-state index contributed by atoms with van der Waals surface area (Å²) in [7, 11) is 1.59. The van der Waals surface area contributed by atoms with Crippen molar-refractivity contribution in [2.45, 2.75) is 79.2 Å². The Morgan fingerprint density at radius 2 is 1.60 bits per heavy atom. The van der Waals surface area contributed by atoms with Crippen LogP contribution in [0.3, 0.4) is 0 Å². The number of hydrogen-bond donors (Lipinski definition) is 3. The highest BCUT2D eigenvalue weighted by Gasteiger charge is 2.50. The van der Waals surface area contributed by atoms with Gasteiger partial charge in [-0.05, 0) is 30.2 Å². The maximum absolute atomic E-state index is 14.0. The van der Waals surface area contributed by atoms with Crippen LogP contribution < -0.4 is 10.6 Å². The van der Waals surface area contributed by atoms with Crippen molar-refractivity contribution in [2.75, 3.05) is 7.05 Å². The maximum atomic E-state index is 14.0. The lowest BCUT2D eigenvalue weighted by atomic mass is 9.69. The summed E-state index contributed by atoms with van der Waals surface area (Å²) in [4.78, 5) is 40.0. The molecule has 3 N–H and O–H groups in total. The normalized spacial score (nSPS) is 15.5. The lowest BCUT2D eigenvalue weighted by Crippen LogP contribution is -2.64. The van der Waals surface area contributed by atoms with Crippen LogP contribution >= 0.6 is 0 Å². The van der Waals surface area contributed by atoms with E-state index in [2.05, 4.69) is 17.2 Å². The van der Waals surface area contributed by atoms with Gasteiger partial charge < -0.3 is 15.7 Å². The van der Waals surface area contributed by atoms with Gasteiger partial charge in [0.1, 0.15) is 5.54 Å². The second kappa shape index (κ2) is 11.7. The zero-order chi connectivity index (χ0) is 27.2. The summed E-state index contributed by atoms with van der Waals surface area (Å²) in [6.45, 7) is 18.8. The third kappa shape index (κ3) is 6.83. The Kier molecular flexibility index (Phi) is 10.1. The van der Waals surface area contributed by atoms with Crippen molar-refractivity contribution >= 4 is 17.7 Å². The quantitative estimate of drug-likeness (QED) is 0.278. The number of carboxylic acid groups (broad SMARTS) is 1. The minimum atomic E-state index is -1.53. The van der Waals surface area contributed by atoms with Gasteiger partial charge in [-0.1, -0.05) is 84.9 Å². The molecule has 1 amide bonds. The Bertz CT molecular complexity index is 955. The molecule has 0 aliphatic rings. The summed E-state index contributed by atoms with van der Waals surface area (Å²) in [6.07, 6.45) is 2.27. The second-order valence-corrected chi connectivity index (χ2v) is 11.3. The van der Waals surface area contributed by atoms with Gasteiger partial charge in [0.05, 0.1) is 17.2 Å². The van der Waals surface area contributed by atoms with Crippen molar-refractivity contribution in [1.29, 1.82) is 0 Å². The van der Waals surface area contributed by atoms with Gasteiger partial charge in [-0.2, -0.15) is 0 Å². The number of Topliss-reactive ketones (excluding diaryl/α,β-unsaturated/α-hetero) is 1. The fourth-order valence-corrected chi connectivity index (χ4v) is 4.68. The number of carboxylic acids is 1. The number of allylic oxidation sites excluding steroid dienone is 1. The van der Waals surface area contributed by atoms with Crippen LogP contribution in [0, 0.1) is 17.3 Å². The predicted molar refractivity (Wildman–Crippen MR) is 142 cm³/mol. The average Bonchev–Trinajstić information content (AvgIpc) is 2.75. The molecule has 1 rings (SSSR count). The number of aliphatic carboxylic acids is 1. The van der Waals surface area contributed by atoms with E-state index in [4.69, 9.17) is 0 Å². The van der Waals surface area contributed by atoms with Crippen LogP contribution in [0.5, 0.6) is 0 Å². The van der Waals surface area contributed by atoms with E-state index in [0.29, 0.717) is 6.42 Å². The first-order chi connectivity index (χ1) is 16.1. The molecule has 6 heteroatoms. The van der Waals surface area contributed by atoms with Crippen LogP contribution in [-0.2, 0) is 19.8 Å². The Morgan fingerprint density at radius 3 is 2.00 bits per heavy atom. The minimum absolute atomic E-state index is 0.00801. The first-order valence-electron chi connectivity index (χ1n) is 12.2. The first kappa shape index (κ1) is 30.1. The molecule has 0 aliphatic heterocycles. The molecule has 1 aromatic rings. The van der Waals surface area contributed by atoms with E-state index in [1.807, 2.05) is 78.8 Å². The fraction of sp³-hybridized carbons (Fsp3) is 0.552. The molecule has 0 saturated heterocycles. The molecule has 6 nitrogen and oxygen atoms in total. The van der Waals surface area contributed by atoms with Crippen molar-refractivity contribution in [3.8, 4) is 0 Å². The van der Waals surface area contributed by atoms with Crippen LogP contribution in [0.25, 0.3) is 0 Å². The Labute approximate surface area is 211 Å². The van der Waals surface area contributed by atoms with E-state index < -0.39 is 28.8 Å². The monoisotopic (exact) mass is 484 g/mol. The standard InChI is InChI=1S/C29H44N2O4/c1-11-15-22(28(8,9)21-16-13-12-14-17-21)25(33)31-29(19(2)3,23(32)18-27(5,6)7)24(30-10)20(4)26(34)35/h11-14,16-17,19,22,30H,1,15,18H2,2-10H3,(H,31,33)(H,34,35)/t22-,29?/m1/s1. The molecule has 194 valence electrons. The number of carbonyl (C=O) groups is 3. The molecule has 0 aliphatic carbocycles. The number of ketones is 1. The molecular weight excluding hydrogens is 440 g/mol. The number of carbonyl (C=O) groups excluding carboxylic acids is 2. The SMILES string of the molecule is C=CC[C@H](C(=O)NC(C(=O)CC(C)(C)C)(C(NC)=C(C)C(=O)O)C(C)C)C(C)(C)c1ccccc1. The van der Waals surface area contributed by atoms with Crippen LogP contribution in [0.2, 0.25) is 0 Å². The minimum Gasteiger partial charge on any atom is -0.478 e. The number of likely N-dealkylation sites (N-methyl/N-ethyl adjacent to an activating group) is 1. The zero-order valence-electron chi connectivity index (χ0n) is 22.9. The number of amides is 1. The van der Waals surface area contributed by atoms with E-state index in [9.17, 15) is 19.5 Å². The Morgan fingerprint density at radius 1 is 1.06 bits per heavy atom. The molecule has 0 aromatic heterocycles. The average molecular weight is 485 g/mol. The highest BCUT2D eigenvalue weighted by molar-refractivity contribution is 5.99. The third-order valence-electron chi connectivity index (χ3n) is 6.77. The van der Waals surface area contributed by atoms with Crippen molar-refractivity contribution in [3.05, 3.63) is 59.8 Å². The van der Waals surface area contributed by atoms with Crippen molar-refractivity contribution in [2.24, 2.45) is 17.3 Å². The number of benzene rings is 1. The van der Waals surface area contributed by atoms with Gasteiger partial charge in [0.15, 0.2) is 5.78 Å². The molecular formula is C29H44N2O4. The third-order valence-corrected chi connectivity index (χ3v) is 6.77. The topological polar surface area (TPSA) is 95.5 Å². The molecule has 2 atom stereocenters. The number of rotatable bonds is 12. The highest BCUT2D eigenvalue weighted by atomic mass is 16.4. The Hall–Kier alpha value is -2.89. The van der Waals surface area contributed by atoms with E-state index in [0.717, 1.165) is 5.56 Å². The summed E-state index contributed by atoms with van der Waals surface area (Å²) >= 11 is 0. The van der Waals surface area contributed by atoms with E-state index in [1.54, 1.807) is 13.1 Å². The van der Waals surface area contributed by atoms with Gasteiger partial charge >= 0.3 is 5.97 Å². The number of nitrogens with one attached hydrogen (secondary N) is 2. The summed E-state index contributed by atoms with van der Waals surface area (Å²) in [5, 5.41) is 15.9. The van der Waals surface area contributed by atoms with E-state index in [-0.39, 0.29) is 34.8 Å². The predicted octanol–water partition coefficient (Wildman–Crippen LogP) is 5.25. The summed E-state index contributed by atoms with van der Waals surface area (Å²) in [6, 6.07) is 9.76.